The largest absolute Gasteiger partial charge is 0.495 e. The van der Waals surface area contributed by atoms with Gasteiger partial charge >= 0.3 is 0 Å². The Hall–Kier alpha value is -4.73. The first-order valence-electron chi connectivity index (χ1n) is 18.8. The van der Waals surface area contributed by atoms with E-state index in [2.05, 4.69) is 26.9 Å². The van der Waals surface area contributed by atoms with Gasteiger partial charge in [-0.25, -0.2) is 18.4 Å². The third-order valence-corrected chi connectivity index (χ3v) is 13.3. The number of aryl methyl sites for hydroxylation is 1. The minimum absolute atomic E-state index is 0.0301. The summed E-state index contributed by atoms with van der Waals surface area (Å²) in [4.78, 5) is 54.5. The normalized spacial score (nSPS) is 23.0. The van der Waals surface area contributed by atoms with Crippen LogP contribution in [0.3, 0.4) is 0 Å². The summed E-state index contributed by atoms with van der Waals surface area (Å²) in [6.07, 6.45) is 3.56. The molecule has 304 valence electrons. The van der Waals surface area contributed by atoms with E-state index in [4.69, 9.17) is 26.1 Å². The van der Waals surface area contributed by atoms with E-state index in [9.17, 15) is 22.8 Å². The van der Waals surface area contributed by atoms with E-state index in [1.807, 2.05) is 58.0 Å². The number of sulfonamides is 1. The fraction of sp³-hybridized carbons (Fsp3) is 0.439. The zero-order valence-electron chi connectivity index (χ0n) is 32.9. The van der Waals surface area contributed by atoms with E-state index in [1.165, 1.54) is 35.6 Å². The number of nitrogens with one attached hydrogen (secondary N) is 3. The molecule has 3 fully saturated rings. The molecule has 3 aliphatic rings. The molecular formula is C41H49ClN6O7S2. The molecule has 1 saturated heterocycles. The fourth-order valence-corrected chi connectivity index (χ4v) is 9.29. The van der Waals surface area contributed by atoms with Crippen LogP contribution in [0.4, 0.5) is 5.13 Å². The second kappa shape index (κ2) is 16.6. The first-order valence-corrected chi connectivity index (χ1v) is 21.5. The lowest BCUT2D eigenvalue weighted by molar-refractivity contribution is -0.141. The molecule has 0 unspecified atom stereocenters. The standard InChI is InChI=1S/C41H49ClN6O7S2/c1-8-28-21-41(28,38(51)47-57(52,53)31-18-19-31)46-36(49)32-20-30(55-25(3)43-22-33(54-7)26-14-16-29(42)17-15-26)23-48(32)37(50)35(40(4,5)6)45-39-44-34(24(2)56-39)27-12-10-9-11-13-27/h8-17,22,28,30-32,35H,1,18-21,23H2,2-7H3,(H,44,45)(H,46,49)(H,47,51)/b33-22+,43-25?/t28-,30-,32+,35-,41-/m1/s1. The van der Waals surface area contributed by atoms with Crippen molar-refractivity contribution in [3.8, 4) is 11.3 Å². The second-order valence-corrected chi connectivity index (χ2v) is 19.4. The lowest BCUT2D eigenvalue weighted by Crippen LogP contribution is -2.58. The lowest BCUT2D eigenvalue weighted by atomic mass is 9.85. The number of aliphatic imine (C=N–C) groups is 1. The Morgan fingerprint density at radius 3 is 2.40 bits per heavy atom. The molecule has 57 heavy (non-hydrogen) atoms. The van der Waals surface area contributed by atoms with Crippen LogP contribution in [0.5, 0.6) is 0 Å². The van der Waals surface area contributed by atoms with Gasteiger partial charge in [-0.05, 0) is 55.9 Å². The van der Waals surface area contributed by atoms with Crippen molar-refractivity contribution in [2.45, 2.75) is 89.3 Å². The first-order chi connectivity index (χ1) is 26.9. The van der Waals surface area contributed by atoms with Gasteiger partial charge in [-0.15, -0.1) is 17.9 Å². The van der Waals surface area contributed by atoms with Gasteiger partial charge in [-0.3, -0.25) is 19.1 Å². The van der Waals surface area contributed by atoms with E-state index >= 15 is 0 Å². The molecule has 3 aromatic rings. The molecule has 1 aromatic heterocycles. The van der Waals surface area contributed by atoms with Gasteiger partial charge in [0.25, 0.3) is 5.91 Å². The van der Waals surface area contributed by atoms with Crippen molar-refractivity contribution in [3.05, 3.63) is 88.9 Å². The summed E-state index contributed by atoms with van der Waals surface area (Å²) in [5, 5.41) is 6.73. The van der Waals surface area contributed by atoms with Crippen molar-refractivity contribution < 1.29 is 32.3 Å². The molecule has 0 bridgehead atoms. The van der Waals surface area contributed by atoms with Gasteiger partial charge in [0.05, 0.1) is 30.8 Å². The van der Waals surface area contributed by atoms with Gasteiger partial charge in [0.1, 0.15) is 29.5 Å². The number of likely N-dealkylation sites (tertiary alicyclic amines) is 1. The summed E-state index contributed by atoms with van der Waals surface area (Å²) in [6.45, 7) is 13.3. The topological polar surface area (TPSA) is 168 Å². The number of anilines is 1. The Balaban J connectivity index is 1.27. The van der Waals surface area contributed by atoms with Crippen molar-refractivity contribution in [3.63, 3.8) is 0 Å². The van der Waals surface area contributed by atoms with Crippen LogP contribution in [0, 0.1) is 18.3 Å². The summed E-state index contributed by atoms with van der Waals surface area (Å²) < 4.78 is 39.5. The number of thiazole rings is 1. The maximum absolute atomic E-state index is 14.8. The van der Waals surface area contributed by atoms with Crippen molar-refractivity contribution in [1.82, 2.24) is 19.9 Å². The maximum atomic E-state index is 14.8. The van der Waals surface area contributed by atoms with E-state index in [0.29, 0.717) is 28.8 Å². The monoisotopic (exact) mass is 836 g/mol. The molecule has 16 heteroatoms. The highest BCUT2D eigenvalue weighted by atomic mass is 35.5. The van der Waals surface area contributed by atoms with E-state index in [1.54, 1.807) is 31.2 Å². The molecule has 0 spiro atoms. The molecule has 3 N–H and O–H groups in total. The van der Waals surface area contributed by atoms with Gasteiger partial charge in [0, 0.05) is 40.3 Å². The van der Waals surface area contributed by atoms with E-state index in [0.717, 1.165) is 21.7 Å². The Bertz CT molecular complexity index is 2180. The Morgan fingerprint density at radius 2 is 1.81 bits per heavy atom. The second-order valence-electron chi connectivity index (χ2n) is 15.8. The summed E-state index contributed by atoms with van der Waals surface area (Å²) >= 11 is 7.49. The molecule has 2 aliphatic carbocycles. The van der Waals surface area contributed by atoms with Gasteiger partial charge in [0.2, 0.25) is 21.8 Å². The van der Waals surface area contributed by atoms with Crippen LogP contribution in [-0.4, -0.2) is 84.6 Å². The fourth-order valence-electron chi connectivity index (χ4n) is 6.93. The molecule has 3 amide bonds. The predicted octanol–water partition coefficient (Wildman–Crippen LogP) is 6.32. The number of amides is 3. The average Bonchev–Trinajstić information content (AvgIpc) is 4.07. The molecule has 13 nitrogen and oxygen atoms in total. The van der Waals surface area contributed by atoms with Crippen molar-refractivity contribution in [2.75, 3.05) is 19.0 Å². The summed E-state index contributed by atoms with van der Waals surface area (Å²) in [5.41, 5.74) is 0.337. The Morgan fingerprint density at radius 1 is 1.12 bits per heavy atom. The number of ether oxygens (including phenoxy) is 2. The molecular weight excluding hydrogens is 788 g/mol. The lowest BCUT2D eigenvalue weighted by Gasteiger charge is -2.35. The number of carbonyl (C=O) groups excluding carboxylic acids is 3. The number of hydrogen-bond donors (Lipinski definition) is 3. The van der Waals surface area contributed by atoms with E-state index < -0.39 is 62.1 Å². The third kappa shape index (κ3) is 9.53. The zero-order chi connectivity index (χ0) is 41.3. The number of benzene rings is 2. The summed E-state index contributed by atoms with van der Waals surface area (Å²) in [7, 11) is -2.36. The number of halogens is 1. The molecule has 0 radical (unpaired) electrons. The minimum Gasteiger partial charge on any atom is -0.495 e. The highest BCUT2D eigenvalue weighted by Gasteiger charge is 2.62. The smallest absolute Gasteiger partial charge is 0.259 e. The van der Waals surface area contributed by atoms with Crippen LogP contribution in [0.25, 0.3) is 17.0 Å². The van der Waals surface area contributed by atoms with Gasteiger partial charge in [-0.2, -0.15) is 0 Å². The Kier molecular flexibility index (Phi) is 12.2. The summed E-state index contributed by atoms with van der Waals surface area (Å²) in [6, 6.07) is 14.9. The van der Waals surface area contributed by atoms with Crippen molar-refractivity contribution >= 4 is 67.5 Å². The van der Waals surface area contributed by atoms with Crippen molar-refractivity contribution in [2.24, 2.45) is 16.3 Å². The number of nitrogens with zero attached hydrogens (tertiary/aromatic N) is 3. The first kappa shape index (κ1) is 41.9. The number of carbonyl (C=O) groups is 3. The van der Waals surface area contributed by atoms with Crippen LogP contribution < -0.4 is 15.4 Å². The number of hydrogen-bond acceptors (Lipinski definition) is 11. The Labute approximate surface area is 343 Å². The van der Waals surface area contributed by atoms with Crippen LogP contribution in [0.15, 0.2) is 78.4 Å². The molecule has 5 atom stereocenters. The van der Waals surface area contributed by atoms with Gasteiger partial charge < -0.3 is 25.0 Å². The minimum atomic E-state index is -3.89. The third-order valence-electron chi connectivity index (χ3n) is 10.4. The number of aromatic nitrogens is 1. The van der Waals surface area contributed by atoms with Crippen LogP contribution in [-0.2, 0) is 33.9 Å². The van der Waals surface area contributed by atoms with Crippen LogP contribution >= 0.6 is 22.9 Å². The number of methoxy groups -OCH3 is 1. The molecule has 2 aromatic carbocycles. The molecule has 2 heterocycles. The molecule has 2 saturated carbocycles. The van der Waals surface area contributed by atoms with Crippen LogP contribution in [0.2, 0.25) is 5.02 Å². The average molecular weight is 837 g/mol. The predicted molar refractivity (Wildman–Crippen MR) is 223 cm³/mol. The molecule has 6 rings (SSSR count). The van der Waals surface area contributed by atoms with Gasteiger partial charge in [-0.1, -0.05) is 68.8 Å². The van der Waals surface area contributed by atoms with E-state index in [-0.39, 0.29) is 31.2 Å². The quantitative estimate of drug-likeness (QED) is 0.0729. The number of rotatable bonds is 14. The van der Waals surface area contributed by atoms with Gasteiger partial charge in [0.15, 0.2) is 11.0 Å². The van der Waals surface area contributed by atoms with Crippen LogP contribution in [0.1, 0.15) is 63.8 Å². The maximum Gasteiger partial charge on any atom is 0.259 e. The highest BCUT2D eigenvalue weighted by molar-refractivity contribution is 7.91. The summed E-state index contributed by atoms with van der Waals surface area (Å²) in [5.74, 6) is -1.56. The SMILES string of the molecule is C=C[C@@H]1C[C@]1(NC(=O)[C@@H]1C[C@@H](OC(C)=N/C=C(/OC)c2ccc(Cl)cc2)CN1C(=O)[C@@H](Nc1nc(-c2ccccc2)c(C)s1)C(C)(C)C)C(=O)NS(=O)(=O)C1CC1. The highest BCUT2D eigenvalue weighted by Crippen LogP contribution is 2.45. The van der Waals surface area contributed by atoms with Crippen molar-refractivity contribution in [1.29, 1.82) is 0 Å². The zero-order valence-corrected chi connectivity index (χ0v) is 35.3. The molecule has 1 aliphatic heterocycles.